The van der Waals surface area contributed by atoms with Gasteiger partial charge in [-0.1, -0.05) is 0 Å². The molecule has 0 bridgehead atoms. The third-order valence-corrected chi connectivity index (χ3v) is 2.65. The first kappa shape index (κ1) is 8.35. The van der Waals surface area contributed by atoms with Crippen LogP contribution in [0.25, 0.3) is 10.9 Å². The summed E-state index contributed by atoms with van der Waals surface area (Å²) < 4.78 is 10.5. The summed E-state index contributed by atoms with van der Waals surface area (Å²) in [7, 11) is 0. The van der Waals surface area contributed by atoms with Crippen molar-refractivity contribution in [1.29, 1.82) is 0 Å². The van der Waals surface area contributed by atoms with Gasteiger partial charge in [-0.25, -0.2) is 0 Å². The van der Waals surface area contributed by atoms with Crippen LogP contribution in [0.4, 0.5) is 0 Å². The third kappa shape index (κ3) is 1.05. The van der Waals surface area contributed by atoms with E-state index in [0.29, 0.717) is 11.3 Å². The maximum Gasteiger partial charge on any atom is 0.231 e. The standard InChI is InChI=1S/C11H9NO3/c1-6-8(4-13)7-2-10-11(15-5-14-10)3-9(7)12-6/h2-4,12H,5H2,1H3. The van der Waals surface area contributed by atoms with Crippen LogP contribution in [0.2, 0.25) is 0 Å². The van der Waals surface area contributed by atoms with Gasteiger partial charge in [0.2, 0.25) is 6.79 Å². The van der Waals surface area contributed by atoms with Crippen molar-refractivity contribution in [3.63, 3.8) is 0 Å². The van der Waals surface area contributed by atoms with Crippen molar-refractivity contribution in [1.82, 2.24) is 4.98 Å². The molecular weight excluding hydrogens is 194 g/mol. The topological polar surface area (TPSA) is 51.3 Å². The highest BCUT2D eigenvalue weighted by atomic mass is 16.7. The molecule has 1 aromatic heterocycles. The molecule has 1 aromatic carbocycles. The van der Waals surface area contributed by atoms with Crippen LogP contribution < -0.4 is 9.47 Å². The van der Waals surface area contributed by atoms with Crippen molar-refractivity contribution < 1.29 is 14.3 Å². The van der Waals surface area contributed by atoms with E-state index in [1.54, 1.807) is 0 Å². The molecule has 0 radical (unpaired) electrons. The summed E-state index contributed by atoms with van der Waals surface area (Å²) in [5.74, 6) is 1.42. The highest BCUT2D eigenvalue weighted by Crippen LogP contribution is 2.37. The highest BCUT2D eigenvalue weighted by molar-refractivity contribution is 6.00. The van der Waals surface area contributed by atoms with Gasteiger partial charge >= 0.3 is 0 Å². The van der Waals surface area contributed by atoms with Gasteiger partial charge in [0.15, 0.2) is 17.8 Å². The number of aromatic nitrogens is 1. The Labute approximate surface area is 85.8 Å². The Hall–Kier alpha value is -1.97. The highest BCUT2D eigenvalue weighted by Gasteiger charge is 2.17. The number of hydrogen-bond acceptors (Lipinski definition) is 3. The van der Waals surface area contributed by atoms with E-state index in [-0.39, 0.29) is 6.79 Å². The van der Waals surface area contributed by atoms with Crippen LogP contribution in [0.3, 0.4) is 0 Å². The quantitative estimate of drug-likeness (QED) is 0.721. The lowest BCUT2D eigenvalue weighted by molar-refractivity contribution is 0.112. The number of hydrogen-bond donors (Lipinski definition) is 1. The lowest BCUT2D eigenvalue weighted by Gasteiger charge is -1.96. The number of rotatable bonds is 1. The summed E-state index contributed by atoms with van der Waals surface area (Å²) in [6.45, 7) is 2.12. The molecule has 76 valence electrons. The van der Waals surface area contributed by atoms with Crippen molar-refractivity contribution in [2.24, 2.45) is 0 Å². The van der Waals surface area contributed by atoms with Gasteiger partial charge in [-0.2, -0.15) is 0 Å². The molecule has 1 aliphatic heterocycles. The van der Waals surface area contributed by atoms with Crippen LogP contribution >= 0.6 is 0 Å². The Morgan fingerprint density at radius 1 is 1.33 bits per heavy atom. The molecule has 15 heavy (non-hydrogen) atoms. The van der Waals surface area contributed by atoms with Gasteiger partial charge in [0.1, 0.15) is 0 Å². The lowest BCUT2D eigenvalue weighted by Crippen LogP contribution is -1.92. The molecule has 4 nitrogen and oxygen atoms in total. The normalized spacial score (nSPS) is 13.4. The average Bonchev–Trinajstić information content (AvgIpc) is 2.76. The van der Waals surface area contributed by atoms with Gasteiger partial charge in [-0.3, -0.25) is 4.79 Å². The second kappa shape index (κ2) is 2.76. The zero-order valence-electron chi connectivity index (χ0n) is 8.16. The van der Waals surface area contributed by atoms with E-state index >= 15 is 0 Å². The summed E-state index contributed by atoms with van der Waals surface area (Å²) in [4.78, 5) is 14.1. The number of H-pyrrole nitrogens is 1. The van der Waals surface area contributed by atoms with Gasteiger partial charge in [0.05, 0.1) is 5.52 Å². The fourth-order valence-corrected chi connectivity index (χ4v) is 1.89. The van der Waals surface area contributed by atoms with E-state index in [1.165, 1.54) is 0 Å². The Kier molecular flexibility index (Phi) is 1.54. The summed E-state index contributed by atoms with van der Waals surface area (Å²) >= 11 is 0. The number of aldehydes is 1. The van der Waals surface area contributed by atoms with Crippen molar-refractivity contribution >= 4 is 17.2 Å². The van der Waals surface area contributed by atoms with Gasteiger partial charge in [-0.15, -0.1) is 0 Å². The van der Waals surface area contributed by atoms with E-state index in [9.17, 15) is 4.79 Å². The molecule has 0 aliphatic carbocycles. The number of ether oxygens (including phenoxy) is 2. The molecule has 4 heteroatoms. The van der Waals surface area contributed by atoms with Crippen LogP contribution in [0, 0.1) is 6.92 Å². The fourth-order valence-electron chi connectivity index (χ4n) is 1.89. The number of carbonyl (C=O) groups excluding carboxylic acids is 1. The Morgan fingerprint density at radius 3 is 2.80 bits per heavy atom. The third-order valence-electron chi connectivity index (χ3n) is 2.65. The first-order valence-electron chi connectivity index (χ1n) is 4.66. The minimum atomic E-state index is 0.247. The molecule has 0 atom stereocenters. The molecule has 0 saturated carbocycles. The number of aryl methyl sites for hydroxylation is 1. The van der Waals surface area contributed by atoms with Gasteiger partial charge < -0.3 is 14.5 Å². The van der Waals surface area contributed by atoms with Crippen LogP contribution in [0.15, 0.2) is 12.1 Å². The number of fused-ring (bicyclic) bond motifs is 2. The maximum absolute atomic E-state index is 10.9. The van der Waals surface area contributed by atoms with E-state index in [2.05, 4.69) is 4.98 Å². The molecule has 0 saturated heterocycles. The lowest BCUT2D eigenvalue weighted by atomic mass is 10.1. The summed E-state index contributed by atoms with van der Waals surface area (Å²) in [5.41, 5.74) is 2.45. The smallest absolute Gasteiger partial charge is 0.231 e. The fraction of sp³-hybridized carbons (Fsp3) is 0.182. The molecule has 1 aliphatic rings. The van der Waals surface area contributed by atoms with Crippen LogP contribution in [-0.2, 0) is 0 Å². The second-order valence-corrected chi connectivity index (χ2v) is 3.53. The predicted molar refractivity (Wildman–Crippen MR) is 54.5 cm³/mol. The molecule has 0 spiro atoms. The summed E-state index contributed by atoms with van der Waals surface area (Å²) in [6.07, 6.45) is 0.858. The average molecular weight is 203 g/mol. The Morgan fingerprint density at radius 2 is 2.07 bits per heavy atom. The van der Waals surface area contributed by atoms with E-state index < -0.39 is 0 Å². The molecule has 0 amide bonds. The first-order valence-corrected chi connectivity index (χ1v) is 4.66. The van der Waals surface area contributed by atoms with E-state index in [1.807, 2.05) is 19.1 Å². The van der Waals surface area contributed by atoms with Gasteiger partial charge in [0, 0.05) is 22.7 Å². The zero-order valence-corrected chi connectivity index (χ0v) is 8.16. The van der Waals surface area contributed by atoms with Crippen molar-refractivity contribution in [2.75, 3.05) is 6.79 Å². The molecule has 0 fully saturated rings. The van der Waals surface area contributed by atoms with Crippen LogP contribution in [-0.4, -0.2) is 18.1 Å². The summed E-state index contributed by atoms with van der Waals surface area (Å²) in [6, 6.07) is 3.70. The summed E-state index contributed by atoms with van der Waals surface area (Å²) in [5, 5.41) is 0.881. The predicted octanol–water partition coefficient (Wildman–Crippen LogP) is 2.02. The number of nitrogens with one attached hydrogen (secondary N) is 1. The molecule has 2 heterocycles. The Balaban J connectivity index is 2.37. The molecule has 3 rings (SSSR count). The molecule has 2 aromatic rings. The van der Waals surface area contributed by atoms with Crippen molar-refractivity contribution in [3.8, 4) is 11.5 Å². The SMILES string of the molecule is Cc1[nH]c2cc3c(cc2c1C=O)OCO3. The number of aromatic amines is 1. The zero-order chi connectivity index (χ0) is 10.4. The Bertz CT molecular complexity index is 556. The first-order chi connectivity index (χ1) is 7.29. The monoisotopic (exact) mass is 203 g/mol. The van der Waals surface area contributed by atoms with Crippen LogP contribution in [0.5, 0.6) is 11.5 Å². The second-order valence-electron chi connectivity index (χ2n) is 3.53. The minimum Gasteiger partial charge on any atom is -0.454 e. The van der Waals surface area contributed by atoms with Gasteiger partial charge in [-0.05, 0) is 13.0 Å². The molecule has 0 unspecified atom stereocenters. The van der Waals surface area contributed by atoms with Crippen LogP contribution in [0.1, 0.15) is 16.1 Å². The van der Waals surface area contributed by atoms with Crippen molar-refractivity contribution in [3.05, 3.63) is 23.4 Å². The van der Waals surface area contributed by atoms with Crippen molar-refractivity contribution in [2.45, 2.75) is 6.92 Å². The van der Waals surface area contributed by atoms with Gasteiger partial charge in [0.25, 0.3) is 0 Å². The maximum atomic E-state index is 10.9. The largest absolute Gasteiger partial charge is 0.454 e. The minimum absolute atomic E-state index is 0.247. The number of carbonyl (C=O) groups is 1. The van der Waals surface area contributed by atoms with E-state index in [4.69, 9.17) is 9.47 Å². The molecular formula is C11H9NO3. The number of benzene rings is 1. The molecule has 1 N–H and O–H groups in total. The van der Waals surface area contributed by atoms with E-state index in [0.717, 1.165) is 28.6 Å².